The highest BCUT2D eigenvalue weighted by Gasteiger charge is 2.27. The minimum atomic E-state index is -0.704. The van der Waals surface area contributed by atoms with E-state index >= 15 is 0 Å². The summed E-state index contributed by atoms with van der Waals surface area (Å²) >= 11 is 0. The molecule has 0 fully saturated rings. The Morgan fingerprint density at radius 3 is 2.03 bits per heavy atom. The van der Waals surface area contributed by atoms with Gasteiger partial charge in [0, 0.05) is 5.92 Å². The molecule has 6 nitrogen and oxygen atoms in total. The number of aliphatic hydroxyl groups excluding tert-OH is 1. The quantitative estimate of drug-likeness (QED) is 0.273. The molecule has 0 saturated heterocycles. The summed E-state index contributed by atoms with van der Waals surface area (Å²) in [4.78, 5) is 12.4. The summed E-state index contributed by atoms with van der Waals surface area (Å²) in [6.07, 6.45) is 1.99. The summed E-state index contributed by atoms with van der Waals surface area (Å²) in [5, 5.41) is 8.57. The van der Waals surface area contributed by atoms with E-state index in [1.807, 2.05) is 45.0 Å². The summed E-state index contributed by atoms with van der Waals surface area (Å²) < 4.78 is 21.2. The fourth-order valence-electron chi connectivity index (χ4n) is 2.74. The average Bonchev–Trinajstić information content (AvgIpc) is 2.71. The summed E-state index contributed by atoms with van der Waals surface area (Å²) in [6.45, 7) is 10.6. The predicted molar refractivity (Wildman–Crippen MR) is 113 cm³/mol. The molecular weight excluding hydrogens is 372 g/mol. The molecule has 1 rings (SSSR count). The first kappa shape index (κ1) is 25.3. The Labute approximate surface area is 174 Å². The standard InChI is InChI=1S/C23H36O6/c1-19(20(2)21-8-6-5-7-9-21)18-23(3,4)22(25)29-17-16-28-15-14-27-13-12-26-11-10-24/h5-9,18,20,24H,10-17H2,1-4H3. The van der Waals surface area contributed by atoms with E-state index < -0.39 is 5.41 Å². The highest BCUT2D eigenvalue weighted by Crippen LogP contribution is 2.29. The number of allylic oxidation sites excluding steroid dienone is 1. The molecule has 0 amide bonds. The predicted octanol–water partition coefficient (Wildman–Crippen LogP) is 3.35. The lowest BCUT2D eigenvalue weighted by molar-refractivity contribution is -0.153. The van der Waals surface area contributed by atoms with E-state index in [1.165, 1.54) is 5.56 Å². The number of ether oxygens (including phenoxy) is 4. The molecule has 6 heteroatoms. The molecule has 1 atom stereocenters. The summed E-state index contributed by atoms with van der Waals surface area (Å²) in [5.74, 6) is -0.0290. The Bertz CT molecular complexity index is 597. The van der Waals surface area contributed by atoms with Crippen LogP contribution in [0.1, 0.15) is 39.2 Å². The van der Waals surface area contributed by atoms with Gasteiger partial charge in [0.05, 0.1) is 51.7 Å². The van der Waals surface area contributed by atoms with Crippen molar-refractivity contribution in [2.45, 2.75) is 33.6 Å². The Hall–Kier alpha value is -1.73. The number of hydrogen-bond acceptors (Lipinski definition) is 6. The molecule has 0 bridgehead atoms. The normalized spacial score (nSPS) is 13.3. The maximum Gasteiger partial charge on any atom is 0.315 e. The molecule has 0 radical (unpaired) electrons. The van der Waals surface area contributed by atoms with Crippen LogP contribution in [-0.2, 0) is 23.7 Å². The van der Waals surface area contributed by atoms with Crippen LogP contribution in [0.2, 0.25) is 0 Å². The largest absolute Gasteiger partial charge is 0.463 e. The third-order valence-electron chi connectivity index (χ3n) is 4.54. The summed E-state index contributed by atoms with van der Waals surface area (Å²) in [7, 11) is 0. The topological polar surface area (TPSA) is 74.2 Å². The maximum absolute atomic E-state index is 12.4. The van der Waals surface area contributed by atoms with Gasteiger partial charge in [0.1, 0.15) is 6.61 Å². The number of carbonyl (C=O) groups is 1. The minimum Gasteiger partial charge on any atom is -0.463 e. The molecular formula is C23H36O6. The van der Waals surface area contributed by atoms with E-state index in [0.29, 0.717) is 39.6 Å². The van der Waals surface area contributed by atoms with Crippen LogP contribution in [0.5, 0.6) is 0 Å². The fraction of sp³-hybridized carbons (Fsp3) is 0.609. The van der Waals surface area contributed by atoms with Crippen molar-refractivity contribution in [1.82, 2.24) is 0 Å². The van der Waals surface area contributed by atoms with E-state index in [4.69, 9.17) is 24.1 Å². The van der Waals surface area contributed by atoms with Gasteiger partial charge < -0.3 is 24.1 Å². The van der Waals surface area contributed by atoms with E-state index in [9.17, 15) is 4.79 Å². The van der Waals surface area contributed by atoms with Crippen LogP contribution in [0, 0.1) is 5.41 Å². The van der Waals surface area contributed by atoms with Crippen LogP contribution < -0.4 is 0 Å². The van der Waals surface area contributed by atoms with Gasteiger partial charge in [-0.15, -0.1) is 0 Å². The number of aliphatic hydroxyl groups is 1. The monoisotopic (exact) mass is 408 g/mol. The van der Waals surface area contributed by atoms with Crippen LogP contribution in [0.3, 0.4) is 0 Å². The first-order valence-electron chi connectivity index (χ1n) is 10.1. The van der Waals surface area contributed by atoms with Crippen LogP contribution in [-0.4, -0.2) is 63.9 Å². The first-order valence-corrected chi connectivity index (χ1v) is 10.1. The summed E-state index contributed by atoms with van der Waals surface area (Å²) in [5.41, 5.74) is 1.65. The Morgan fingerprint density at radius 2 is 1.48 bits per heavy atom. The second-order valence-corrected chi connectivity index (χ2v) is 7.44. The lowest BCUT2D eigenvalue weighted by atomic mass is 9.85. The number of hydrogen-bond donors (Lipinski definition) is 1. The van der Waals surface area contributed by atoms with Crippen LogP contribution in [0.25, 0.3) is 0 Å². The third-order valence-corrected chi connectivity index (χ3v) is 4.54. The number of rotatable bonds is 15. The van der Waals surface area contributed by atoms with Gasteiger partial charge in [-0.1, -0.05) is 48.9 Å². The number of benzene rings is 1. The molecule has 0 heterocycles. The van der Waals surface area contributed by atoms with E-state index in [0.717, 1.165) is 5.57 Å². The first-order chi connectivity index (χ1) is 13.9. The molecule has 0 spiro atoms. The fourth-order valence-corrected chi connectivity index (χ4v) is 2.74. The Balaban J connectivity index is 2.25. The highest BCUT2D eigenvalue weighted by molar-refractivity contribution is 5.78. The molecule has 0 saturated carbocycles. The Morgan fingerprint density at radius 1 is 0.966 bits per heavy atom. The zero-order valence-corrected chi connectivity index (χ0v) is 18.2. The molecule has 1 aromatic rings. The average molecular weight is 409 g/mol. The van der Waals surface area contributed by atoms with E-state index in [2.05, 4.69) is 19.1 Å². The molecule has 1 aromatic carbocycles. The van der Waals surface area contributed by atoms with Crippen molar-refractivity contribution in [3.63, 3.8) is 0 Å². The zero-order valence-electron chi connectivity index (χ0n) is 18.2. The van der Waals surface area contributed by atoms with Crippen molar-refractivity contribution >= 4 is 5.97 Å². The van der Waals surface area contributed by atoms with Gasteiger partial charge in [0.15, 0.2) is 0 Å². The smallest absolute Gasteiger partial charge is 0.315 e. The SMILES string of the molecule is CC(=CC(C)(C)C(=O)OCCOCCOCCOCCO)C(C)c1ccccc1. The molecule has 29 heavy (non-hydrogen) atoms. The molecule has 0 aromatic heterocycles. The molecule has 0 aliphatic carbocycles. The van der Waals surface area contributed by atoms with Crippen molar-refractivity contribution in [3.05, 3.63) is 47.5 Å². The summed E-state index contributed by atoms with van der Waals surface area (Å²) in [6, 6.07) is 10.2. The lowest BCUT2D eigenvalue weighted by Gasteiger charge is -2.22. The van der Waals surface area contributed by atoms with Crippen molar-refractivity contribution in [1.29, 1.82) is 0 Å². The van der Waals surface area contributed by atoms with Crippen molar-refractivity contribution < 1.29 is 28.8 Å². The van der Waals surface area contributed by atoms with Crippen molar-refractivity contribution in [2.24, 2.45) is 5.41 Å². The molecule has 1 unspecified atom stereocenters. The van der Waals surface area contributed by atoms with E-state index in [1.54, 1.807) is 0 Å². The van der Waals surface area contributed by atoms with Gasteiger partial charge in [0.25, 0.3) is 0 Å². The van der Waals surface area contributed by atoms with Gasteiger partial charge in [-0.25, -0.2) is 0 Å². The second kappa shape index (κ2) is 14.3. The Kier molecular flexibility index (Phi) is 12.5. The molecule has 1 N–H and O–H groups in total. The number of esters is 1. The van der Waals surface area contributed by atoms with Crippen LogP contribution in [0.15, 0.2) is 42.0 Å². The molecule has 0 aliphatic heterocycles. The van der Waals surface area contributed by atoms with Gasteiger partial charge in [-0.3, -0.25) is 4.79 Å². The van der Waals surface area contributed by atoms with Gasteiger partial charge in [0.2, 0.25) is 0 Å². The zero-order chi connectivity index (χ0) is 21.5. The van der Waals surface area contributed by atoms with Gasteiger partial charge in [-0.2, -0.15) is 0 Å². The third kappa shape index (κ3) is 10.6. The van der Waals surface area contributed by atoms with Crippen molar-refractivity contribution in [2.75, 3.05) is 52.9 Å². The maximum atomic E-state index is 12.4. The van der Waals surface area contributed by atoms with Crippen LogP contribution in [0.4, 0.5) is 0 Å². The highest BCUT2D eigenvalue weighted by atomic mass is 16.6. The van der Waals surface area contributed by atoms with Crippen LogP contribution >= 0.6 is 0 Å². The van der Waals surface area contributed by atoms with E-state index in [-0.39, 0.29) is 25.1 Å². The molecule has 0 aliphatic rings. The lowest BCUT2D eigenvalue weighted by Crippen LogP contribution is -2.26. The van der Waals surface area contributed by atoms with Gasteiger partial charge >= 0.3 is 5.97 Å². The molecule has 164 valence electrons. The van der Waals surface area contributed by atoms with Gasteiger partial charge in [-0.05, 0) is 26.3 Å². The minimum absolute atomic E-state index is 0.0139. The second-order valence-electron chi connectivity index (χ2n) is 7.44. The number of carbonyl (C=O) groups excluding carboxylic acids is 1. The van der Waals surface area contributed by atoms with Crippen molar-refractivity contribution in [3.8, 4) is 0 Å².